The Labute approximate surface area is 141 Å². The van der Waals surface area contributed by atoms with Crippen LogP contribution < -0.4 is 5.32 Å². The van der Waals surface area contributed by atoms with Crippen molar-refractivity contribution in [1.82, 2.24) is 4.98 Å². The maximum atomic E-state index is 12.5. The first-order valence-corrected chi connectivity index (χ1v) is 8.01. The van der Waals surface area contributed by atoms with Crippen molar-refractivity contribution >= 4 is 33.5 Å². The number of esters is 1. The van der Waals surface area contributed by atoms with E-state index in [-0.39, 0.29) is 11.8 Å². The summed E-state index contributed by atoms with van der Waals surface area (Å²) in [6.07, 6.45) is 2.23. The first-order chi connectivity index (χ1) is 11.1. The van der Waals surface area contributed by atoms with Crippen molar-refractivity contribution in [3.05, 3.63) is 57.8 Å². The molecular formula is C17H13BrN2O3. The molecule has 1 aliphatic carbocycles. The minimum absolute atomic E-state index is 0.0226. The molecule has 0 radical (unpaired) electrons. The number of halogens is 1. The third-order valence-electron chi connectivity index (χ3n) is 4.64. The van der Waals surface area contributed by atoms with E-state index in [0.29, 0.717) is 5.56 Å². The van der Waals surface area contributed by atoms with Gasteiger partial charge in [-0.25, -0.2) is 4.79 Å². The molecule has 1 aromatic carbocycles. The van der Waals surface area contributed by atoms with Crippen molar-refractivity contribution in [1.29, 1.82) is 0 Å². The number of rotatable bonds is 2. The van der Waals surface area contributed by atoms with Crippen LogP contribution in [0.2, 0.25) is 0 Å². The van der Waals surface area contributed by atoms with Gasteiger partial charge in [0.15, 0.2) is 0 Å². The number of carbonyl (C=O) groups is 2. The molecule has 0 bridgehead atoms. The van der Waals surface area contributed by atoms with Gasteiger partial charge in [-0.1, -0.05) is 15.9 Å². The summed E-state index contributed by atoms with van der Waals surface area (Å²) in [5.41, 5.74) is 2.58. The number of amides is 1. The third kappa shape index (κ3) is 2.01. The van der Waals surface area contributed by atoms with Crippen LogP contribution in [-0.4, -0.2) is 24.0 Å². The average Bonchev–Trinajstić information content (AvgIpc) is 3.26. The van der Waals surface area contributed by atoms with E-state index in [4.69, 9.17) is 0 Å². The second-order valence-corrected chi connectivity index (χ2v) is 6.75. The molecule has 0 saturated heterocycles. The fraction of sp³-hybridized carbons (Fsp3) is 0.235. The van der Waals surface area contributed by atoms with Crippen molar-refractivity contribution in [2.24, 2.45) is 0 Å². The van der Waals surface area contributed by atoms with Gasteiger partial charge < -0.3 is 10.1 Å². The molecule has 116 valence electrons. The fourth-order valence-corrected chi connectivity index (χ4v) is 3.73. The molecule has 2 heterocycles. The Morgan fingerprint density at radius 1 is 1.39 bits per heavy atom. The standard InChI is InChI=1S/C17H13BrN2O3/c1-23-15(21)9-2-4-13(19-8-9)12-7-17(12)11-6-10(18)3-5-14(11)20-16(17)22/h2-6,8,12H,7H2,1H3,(H,20,22)/t12-,17-/m0/s1. The molecule has 2 aromatic rings. The minimum atomic E-state index is -0.529. The molecule has 1 N–H and O–H groups in total. The largest absolute Gasteiger partial charge is 0.465 e. The fourth-order valence-electron chi connectivity index (χ4n) is 3.37. The normalized spacial score (nSPS) is 24.3. The Bertz CT molecular complexity index is 834. The number of hydrogen-bond acceptors (Lipinski definition) is 4. The van der Waals surface area contributed by atoms with E-state index >= 15 is 0 Å². The summed E-state index contributed by atoms with van der Waals surface area (Å²) < 4.78 is 5.62. The molecule has 1 aliphatic heterocycles. The molecule has 1 spiro atoms. The van der Waals surface area contributed by atoms with E-state index < -0.39 is 11.4 Å². The highest BCUT2D eigenvalue weighted by atomic mass is 79.9. The summed E-state index contributed by atoms with van der Waals surface area (Å²) in [6, 6.07) is 9.31. The van der Waals surface area contributed by atoms with E-state index in [1.807, 2.05) is 18.2 Å². The summed E-state index contributed by atoms with van der Waals surface area (Å²) in [7, 11) is 1.34. The highest BCUT2D eigenvalue weighted by molar-refractivity contribution is 9.10. The number of benzene rings is 1. The van der Waals surface area contributed by atoms with Crippen LogP contribution in [0.5, 0.6) is 0 Å². The Hall–Kier alpha value is -2.21. The van der Waals surface area contributed by atoms with Gasteiger partial charge in [-0.3, -0.25) is 9.78 Å². The number of pyridine rings is 1. The van der Waals surface area contributed by atoms with E-state index in [1.54, 1.807) is 12.1 Å². The number of nitrogens with one attached hydrogen (secondary N) is 1. The maximum Gasteiger partial charge on any atom is 0.339 e. The predicted molar refractivity (Wildman–Crippen MR) is 87.4 cm³/mol. The van der Waals surface area contributed by atoms with Crippen LogP contribution in [0.15, 0.2) is 41.0 Å². The van der Waals surface area contributed by atoms with Gasteiger partial charge in [0.1, 0.15) is 0 Å². The quantitative estimate of drug-likeness (QED) is 0.822. The topological polar surface area (TPSA) is 68.3 Å². The Balaban J connectivity index is 1.69. The van der Waals surface area contributed by atoms with Crippen LogP contribution in [0.4, 0.5) is 5.69 Å². The lowest BCUT2D eigenvalue weighted by Crippen LogP contribution is -2.21. The lowest BCUT2D eigenvalue weighted by molar-refractivity contribution is -0.118. The summed E-state index contributed by atoms with van der Waals surface area (Å²) in [4.78, 5) is 28.4. The molecule has 6 heteroatoms. The molecule has 4 rings (SSSR count). The van der Waals surface area contributed by atoms with Gasteiger partial charge in [0.25, 0.3) is 0 Å². The average molecular weight is 373 g/mol. The van der Waals surface area contributed by atoms with Crippen LogP contribution in [-0.2, 0) is 14.9 Å². The Morgan fingerprint density at radius 2 is 2.22 bits per heavy atom. The first kappa shape index (κ1) is 14.4. The van der Waals surface area contributed by atoms with E-state index in [2.05, 4.69) is 31.0 Å². The number of hydrogen-bond donors (Lipinski definition) is 1. The zero-order chi connectivity index (χ0) is 16.2. The number of carbonyl (C=O) groups excluding carboxylic acids is 2. The van der Waals surface area contributed by atoms with Crippen LogP contribution in [0.25, 0.3) is 0 Å². The maximum absolute atomic E-state index is 12.5. The third-order valence-corrected chi connectivity index (χ3v) is 5.13. The van der Waals surface area contributed by atoms with Crippen molar-refractivity contribution in [3.8, 4) is 0 Å². The van der Waals surface area contributed by atoms with Gasteiger partial charge in [0, 0.05) is 28.0 Å². The smallest absolute Gasteiger partial charge is 0.339 e. The minimum Gasteiger partial charge on any atom is -0.465 e. The lowest BCUT2D eigenvalue weighted by atomic mass is 9.93. The molecule has 1 amide bonds. The Kier molecular flexibility index (Phi) is 3.06. The SMILES string of the molecule is COC(=O)c1ccc([C@@H]2C[C@@]23C(=O)Nc2ccc(Br)cc23)nc1. The van der Waals surface area contributed by atoms with Crippen molar-refractivity contribution in [2.75, 3.05) is 12.4 Å². The van der Waals surface area contributed by atoms with Gasteiger partial charge in [-0.15, -0.1) is 0 Å². The lowest BCUT2D eigenvalue weighted by Gasteiger charge is -2.09. The monoisotopic (exact) mass is 372 g/mol. The molecule has 0 unspecified atom stereocenters. The van der Waals surface area contributed by atoms with Crippen molar-refractivity contribution in [3.63, 3.8) is 0 Å². The summed E-state index contributed by atoms with van der Waals surface area (Å²) in [6.45, 7) is 0. The predicted octanol–water partition coefficient (Wildman–Crippen LogP) is 3.01. The van der Waals surface area contributed by atoms with Gasteiger partial charge in [-0.2, -0.15) is 0 Å². The zero-order valence-corrected chi connectivity index (χ0v) is 13.9. The number of nitrogens with zero attached hydrogens (tertiary/aromatic N) is 1. The summed E-state index contributed by atoms with van der Waals surface area (Å²) >= 11 is 3.47. The van der Waals surface area contributed by atoms with Crippen LogP contribution in [0, 0.1) is 0 Å². The van der Waals surface area contributed by atoms with E-state index in [1.165, 1.54) is 13.3 Å². The van der Waals surface area contributed by atoms with Crippen molar-refractivity contribution in [2.45, 2.75) is 17.8 Å². The first-order valence-electron chi connectivity index (χ1n) is 7.22. The molecule has 2 atom stereocenters. The molecule has 2 aliphatic rings. The second-order valence-electron chi connectivity index (χ2n) is 5.84. The molecule has 1 saturated carbocycles. The van der Waals surface area contributed by atoms with E-state index in [0.717, 1.165) is 27.8 Å². The van der Waals surface area contributed by atoms with Gasteiger partial charge in [0.2, 0.25) is 5.91 Å². The number of methoxy groups -OCH3 is 1. The van der Waals surface area contributed by atoms with Crippen LogP contribution in [0.3, 0.4) is 0 Å². The number of ether oxygens (including phenoxy) is 1. The van der Waals surface area contributed by atoms with E-state index in [9.17, 15) is 9.59 Å². The zero-order valence-electron chi connectivity index (χ0n) is 12.3. The second kappa shape index (κ2) is 4.89. The number of aromatic nitrogens is 1. The van der Waals surface area contributed by atoms with Gasteiger partial charge in [0.05, 0.1) is 18.1 Å². The van der Waals surface area contributed by atoms with Gasteiger partial charge >= 0.3 is 5.97 Å². The molecule has 1 fully saturated rings. The summed E-state index contributed by atoms with van der Waals surface area (Å²) in [5.74, 6) is -0.360. The van der Waals surface area contributed by atoms with Crippen LogP contribution >= 0.6 is 15.9 Å². The Morgan fingerprint density at radius 3 is 2.91 bits per heavy atom. The summed E-state index contributed by atoms with van der Waals surface area (Å²) in [5, 5.41) is 2.95. The van der Waals surface area contributed by atoms with Crippen LogP contribution in [0.1, 0.15) is 34.0 Å². The highest BCUT2D eigenvalue weighted by Gasteiger charge is 2.65. The number of anilines is 1. The molecule has 5 nitrogen and oxygen atoms in total. The number of fused-ring (bicyclic) bond motifs is 2. The molecule has 1 aromatic heterocycles. The van der Waals surface area contributed by atoms with Gasteiger partial charge in [-0.05, 0) is 42.3 Å². The molecular weight excluding hydrogens is 360 g/mol. The molecule has 23 heavy (non-hydrogen) atoms. The highest BCUT2D eigenvalue weighted by Crippen LogP contribution is 2.64. The van der Waals surface area contributed by atoms with Crippen molar-refractivity contribution < 1.29 is 14.3 Å².